The monoisotopic (exact) mass is 294 g/mol. The summed E-state index contributed by atoms with van der Waals surface area (Å²) in [6, 6.07) is 15.1. The first-order valence-electron chi connectivity index (χ1n) is 8.03. The van der Waals surface area contributed by atoms with E-state index < -0.39 is 0 Å². The van der Waals surface area contributed by atoms with Crippen molar-refractivity contribution in [2.75, 3.05) is 27.2 Å². The Morgan fingerprint density at radius 3 is 2.59 bits per heavy atom. The molecule has 2 atom stereocenters. The number of ether oxygens (including phenoxy) is 1. The molecule has 1 N–H and O–H groups in total. The smallest absolute Gasteiger partial charge is 0.132 e. The van der Waals surface area contributed by atoms with Crippen molar-refractivity contribution in [3.63, 3.8) is 0 Å². The molecule has 0 saturated carbocycles. The molecule has 2 aliphatic rings. The second kappa shape index (κ2) is 5.41. The maximum atomic E-state index is 6.18. The van der Waals surface area contributed by atoms with Crippen molar-refractivity contribution in [2.24, 2.45) is 0 Å². The molecule has 1 saturated heterocycles. The Kier molecular flexibility index (Phi) is 3.40. The Morgan fingerprint density at radius 2 is 1.82 bits per heavy atom. The normalized spacial score (nSPS) is 23.7. The molecule has 2 heterocycles. The molecule has 1 fully saturated rings. The average molecular weight is 294 g/mol. The Hall–Kier alpha value is -1.84. The lowest BCUT2D eigenvalue weighted by molar-refractivity contribution is 0.408. The second-order valence-electron chi connectivity index (χ2n) is 6.37. The minimum atomic E-state index is 0.210. The van der Waals surface area contributed by atoms with Crippen LogP contribution in [0.4, 0.5) is 0 Å². The third-order valence-corrected chi connectivity index (χ3v) is 4.96. The topological polar surface area (TPSA) is 24.5 Å². The maximum absolute atomic E-state index is 6.18. The van der Waals surface area contributed by atoms with E-state index in [1.807, 2.05) is 13.1 Å². The van der Waals surface area contributed by atoms with Crippen LogP contribution in [0.3, 0.4) is 0 Å². The van der Waals surface area contributed by atoms with Gasteiger partial charge in [-0.25, -0.2) is 0 Å². The SMILES string of the molecule is CNC1c2ccccc2Oc2cccc(C3CCN(C)C3)c21. The number of nitrogens with one attached hydrogen (secondary N) is 1. The molecule has 0 bridgehead atoms. The van der Waals surface area contributed by atoms with Crippen LogP contribution in [0.1, 0.15) is 35.1 Å². The summed E-state index contributed by atoms with van der Waals surface area (Å²) in [5.41, 5.74) is 4.00. The summed E-state index contributed by atoms with van der Waals surface area (Å²) in [5.74, 6) is 2.57. The van der Waals surface area contributed by atoms with Crippen LogP contribution in [0.2, 0.25) is 0 Å². The maximum Gasteiger partial charge on any atom is 0.132 e. The molecule has 22 heavy (non-hydrogen) atoms. The zero-order valence-electron chi connectivity index (χ0n) is 13.2. The van der Waals surface area contributed by atoms with Crippen molar-refractivity contribution in [3.05, 3.63) is 59.2 Å². The number of rotatable bonds is 2. The predicted molar refractivity (Wildman–Crippen MR) is 88.7 cm³/mol. The van der Waals surface area contributed by atoms with Crippen molar-refractivity contribution >= 4 is 0 Å². The van der Waals surface area contributed by atoms with Gasteiger partial charge >= 0.3 is 0 Å². The van der Waals surface area contributed by atoms with Crippen LogP contribution >= 0.6 is 0 Å². The summed E-state index contributed by atoms with van der Waals surface area (Å²) in [4.78, 5) is 2.41. The van der Waals surface area contributed by atoms with Gasteiger partial charge in [-0.15, -0.1) is 0 Å². The number of hydrogen-bond donors (Lipinski definition) is 1. The lowest BCUT2D eigenvalue weighted by Crippen LogP contribution is -2.24. The molecule has 0 radical (unpaired) electrons. The van der Waals surface area contributed by atoms with Crippen LogP contribution < -0.4 is 10.1 Å². The van der Waals surface area contributed by atoms with E-state index >= 15 is 0 Å². The molecule has 114 valence electrons. The van der Waals surface area contributed by atoms with Crippen LogP contribution in [-0.2, 0) is 0 Å². The van der Waals surface area contributed by atoms with Gasteiger partial charge in [0.25, 0.3) is 0 Å². The molecule has 3 heteroatoms. The van der Waals surface area contributed by atoms with Gasteiger partial charge in [-0.1, -0.05) is 30.3 Å². The van der Waals surface area contributed by atoms with Gasteiger partial charge in [-0.2, -0.15) is 0 Å². The van der Waals surface area contributed by atoms with E-state index in [-0.39, 0.29) is 6.04 Å². The Balaban J connectivity index is 1.83. The highest BCUT2D eigenvalue weighted by Crippen LogP contribution is 2.46. The van der Waals surface area contributed by atoms with Crippen molar-refractivity contribution < 1.29 is 4.74 Å². The van der Waals surface area contributed by atoms with Gasteiger partial charge < -0.3 is 15.0 Å². The first kappa shape index (κ1) is 13.8. The molecular formula is C19H22N2O. The van der Waals surface area contributed by atoms with E-state index in [0.717, 1.165) is 18.0 Å². The number of benzene rings is 2. The van der Waals surface area contributed by atoms with E-state index in [0.29, 0.717) is 5.92 Å². The van der Waals surface area contributed by atoms with E-state index in [4.69, 9.17) is 4.74 Å². The average Bonchev–Trinajstić information content (AvgIpc) is 2.98. The molecule has 3 nitrogen and oxygen atoms in total. The summed E-state index contributed by atoms with van der Waals surface area (Å²) in [5, 5.41) is 3.50. The number of hydrogen-bond acceptors (Lipinski definition) is 3. The molecule has 2 aliphatic heterocycles. The summed E-state index contributed by atoms with van der Waals surface area (Å²) in [6.07, 6.45) is 1.23. The highest BCUT2D eigenvalue weighted by Gasteiger charge is 2.32. The number of likely N-dealkylation sites (tertiary alicyclic amines) is 1. The van der Waals surface area contributed by atoms with Crippen LogP contribution in [0.15, 0.2) is 42.5 Å². The number of para-hydroxylation sites is 1. The second-order valence-corrected chi connectivity index (χ2v) is 6.37. The Morgan fingerprint density at radius 1 is 1.05 bits per heavy atom. The largest absolute Gasteiger partial charge is 0.457 e. The molecular weight excluding hydrogens is 272 g/mol. The van der Waals surface area contributed by atoms with E-state index in [9.17, 15) is 0 Å². The zero-order chi connectivity index (χ0) is 15.1. The number of likely N-dealkylation sites (N-methyl/N-ethyl adjacent to an activating group) is 1. The van der Waals surface area contributed by atoms with Gasteiger partial charge in [0, 0.05) is 17.7 Å². The molecule has 0 aliphatic carbocycles. The van der Waals surface area contributed by atoms with Gasteiger partial charge in [0.2, 0.25) is 0 Å². The summed E-state index contributed by atoms with van der Waals surface area (Å²) in [7, 11) is 4.24. The van der Waals surface area contributed by atoms with Gasteiger partial charge in [0.15, 0.2) is 0 Å². The lowest BCUT2D eigenvalue weighted by atomic mass is 9.85. The summed E-state index contributed by atoms with van der Waals surface area (Å²) >= 11 is 0. The van der Waals surface area contributed by atoms with Crippen molar-refractivity contribution in [1.29, 1.82) is 0 Å². The minimum absolute atomic E-state index is 0.210. The van der Waals surface area contributed by atoms with E-state index in [2.05, 4.69) is 53.7 Å². The Labute approximate surface area is 131 Å². The highest BCUT2D eigenvalue weighted by atomic mass is 16.5. The standard InChI is InChI=1S/C19H22N2O/c1-20-19-15-6-3-4-8-16(15)22-17-9-5-7-14(18(17)19)13-10-11-21(2)12-13/h3-9,13,19-20H,10-12H2,1-2H3. The van der Waals surface area contributed by atoms with Crippen LogP contribution in [0, 0.1) is 0 Å². The zero-order valence-corrected chi connectivity index (χ0v) is 13.2. The molecule has 0 aromatic heterocycles. The third-order valence-electron chi connectivity index (χ3n) is 4.96. The van der Waals surface area contributed by atoms with Gasteiger partial charge in [0.1, 0.15) is 11.5 Å². The van der Waals surface area contributed by atoms with Crippen molar-refractivity contribution in [2.45, 2.75) is 18.4 Å². The van der Waals surface area contributed by atoms with E-state index in [1.165, 1.54) is 29.7 Å². The fraction of sp³-hybridized carbons (Fsp3) is 0.368. The lowest BCUT2D eigenvalue weighted by Gasteiger charge is -2.31. The summed E-state index contributed by atoms with van der Waals surface area (Å²) in [6.45, 7) is 2.31. The van der Waals surface area contributed by atoms with Crippen molar-refractivity contribution in [1.82, 2.24) is 10.2 Å². The van der Waals surface area contributed by atoms with E-state index in [1.54, 1.807) is 0 Å². The number of nitrogens with zero attached hydrogens (tertiary/aromatic N) is 1. The van der Waals surface area contributed by atoms with Crippen LogP contribution in [0.5, 0.6) is 11.5 Å². The fourth-order valence-corrected chi connectivity index (χ4v) is 3.89. The third kappa shape index (κ3) is 2.13. The molecule has 2 unspecified atom stereocenters. The number of fused-ring (bicyclic) bond motifs is 2. The first-order chi connectivity index (χ1) is 10.8. The fourth-order valence-electron chi connectivity index (χ4n) is 3.89. The quantitative estimate of drug-likeness (QED) is 0.917. The summed E-state index contributed by atoms with van der Waals surface area (Å²) < 4.78 is 6.18. The van der Waals surface area contributed by atoms with Crippen LogP contribution in [0.25, 0.3) is 0 Å². The highest BCUT2D eigenvalue weighted by molar-refractivity contribution is 5.56. The molecule has 4 rings (SSSR count). The molecule has 2 aromatic rings. The van der Waals surface area contributed by atoms with Gasteiger partial charge in [-0.3, -0.25) is 0 Å². The predicted octanol–water partition coefficient (Wildman–Crippen LogP) is 3.52. The molecule has 0 amide bonds. The van der Waals surface area contributed by atoms with Gasteiger partial charge in [0.05, 0.1) is 6.04 Å². The Bertz CT molecular complexity index is 698. The first-order valence-corrected chi connectivity index (χ1v) is 8.03. The van der Waals surface area contributed by atoms with Crippen molar-refractivity contribution in [3.8, 4) is 11.5 Å². The molecule has 0 spiro atoms. The van der Waals surface area contributed by atoms with Gasteiger partial charge in [-0.05, 0) is 50.7 Å². The van der Waals surface area contributed by atoms with Crippen LogP contribution in [-0.4, -0.2) is 32.1 Å². The minimum Gasteiger partial charge on any atom is -0.457 e. The molecule has 2 aromatic carbocycles.